The molecule has 242 valence electrons. The van der Waals surface area contributed by atoms with Crippen LogP contribution < -0.4 is 20.1 Å². The highest BCUT2D eigenvalue weighted by molar-refractivity contribution is 5.45. The number of rotatable bonds is 15. The summed E-state index contributed by atoms with van der Waals surface area (Å²) in [6.07, 6.45) is 11.5. The van der Waals surface area contributed by atoms with Crippen LogP contribution in [0.5, 0.6) is 11.5 Å². The summed E-state index contributed by atoms with van der Waals surface area (Å²) >= 11 is 0. The minimum atomic E-state index is 0.0272. The summed E-state index contributed by atoms with van der Waals surface area (Å²) in [5.74, 6) is 2.62. The molecule has 0 aliphatic rings. The lowest BCUT2D eigenvalue weighted by Crippen LogP contribution is -2.40. The molecule has 4 rings (SSSR count). The minimum Gasteiger partial charge on any atom is -0.492 e. The first-order chi connectivity index (χ1) is 20.6. The van der Waals surface area contributed by atoms with Crippen molar-refractivity contribution >= 4 is 11.3 Å². The molecule has 8 nitrogen and oxygen atoms in total. The van der Waals surface area contributed by atoms with E-state index >= 15 is 0 Å². The van der Waals surface area contributed by atoms with Crippen molar-refractivity contribution in [1.82, 2.24) is 29.4 Å². The van der Waals surface area contributed by atoms with Crippen LogP contribution in [0.2, 0.25) is 0 Å². The fraction of sp³-hybridized carbons (Fsp3) is 0.611. The Kier molecular flexibility index (Phi) is 10.7. The highest BCUT2D eigenvalue weighted by atomic mass is 16.5. The Morgan fingerprint density at radius 3 is 1.98 bits per heavy atom. The van der Waals surface area contributed by atoms with Gasteiger partial charge in [0.1, 0.15) is 29.4 Å². The van der Waals surface area contributed by atoms with Gasteiger partial charge in [-0.15, -0.1) is 0 Å². The minimum absolute atomic E-state index is 0.0272. The third kappa shape index (κ3) is 9.70. The van der Waals surface area contributed by atoms with E-state index in [4.69, 9.17) is 19.4 Å². The molecule has 2 atom stereocenters. The first-order valence-corrected chi connectivity index (χ1v) is 16.3. The van der Waals surface area contributed by atoms with E-state index in [1.54, 1.807) is 0 Å². The van der Waals surface area contributed by atoms with Crippen LogP contribution >= 0.6 is 0 Å². The zero-order chi connectivity index (χ0) is 32.1. The number of nitrogens with zero attached hydrogens (tertiary/aromatic N) is 4. The van der Waals surface area contributed by atoms with Crippen LogP contribution in [0.15, 0.2) is 49.1 Å². The quantitative estimate of drug-likeness (QED) is 0.138. The standard InChI is InChI=1S/C36H56N6O2/c1-26(27(2)30-24-41-22-29(12-14-32(41)39-30)44-21-19-37-35(6,7)8)16-17-36(9,10)38-18-11-20-43-28-13-15-33-40-31(34(3,4)5)25-42(33)23-28/h12-15,22-27,37-38H,11,16-21H2,1-10H3/t26-,27+/m0/s1. The van der Waals surface area contributed by atoms with Crippen LogP contribution in [0.4, 0.5) is 0 Å². The Balaban J connectivity index is 1.18. The fourth-order valence-electron chi connectivity index (χ4n) is 5.22. The number of ether oxygens (including phenoxy) is 2. The van der Waals surface area contributed by atoms with Crippen LogP contribution in [-0.4, -0.2) is 56.2 Å². The van der Waals surface area contributed by atoms with Crippen molar-refractivity contribution in [2.24, 2.45) is 5.92 Å². The highest BCUT2D eigenvalue weighted by Crippen LogP contribution is 2.30. The first-order valence-electron chi connectivity index (χ1n) is 16.3. The molecule has 0 saturated carbocycles. The summed E-state index contributed by atoms with van der Waals surface area (Å²) in [6, 6.07) is 8.09. The molecule has 0 spiro atoms. The van der Waals surface area contributed by atoms with Gasteiger partial charge in [0, 0.05) is 41.3 Å². The van der Waals surface area contributed by atoms with Crippen molar-refractivity contribution < 1.29 is 9.47 Å². The SMILES string of the molecule is C[C@@H](CCC(C)(C)NCCCOc1ccc2nc(C(C)(C)C)cn2c1)[C@@H](C)c1cn2cc(OCCNC(C)(C)C)ccc2n1. The van der Waals surface area contributed by atoms with Gasteiger partial charge < -0.3 is 28.9 Å². The predicted molar refractivity (Wildman–Crippen MR) is 181 cm³/mol. The number of hydrogen-bond donors (Lipinski definition) is 2. The lowest BCUT2D eigenvalue weighted by molar-refractivity contribution is 0.278. The van der Waals surface area contributed by atoms with Crippen molar-refractivity contribution in [3.05, 3.63) is 60.4 Å². The van der Waals surface area contributed by atoms with Gasteiger partial charge in [-0.1, -0.05) is 34.6 Å². The second-order valence-electron chi connectivity index (χ2n) is 15.1. The van der Waals surface area contributed by atoms with Crippen molar-refractivity contribution in [2.45, 2.75) is 111 Å². The van der Waals surface area contributed by atoms with E-state index in [0.717, 1.165) is 66.5 Å². The Morgan fingerprint density at radius 2 is 1.34 bits per heavy atom. The zero-order valence-corrected chi connectivity index (χ0v) is 28.8. The third-order valence-corrected chi connectivity index (χ3v) is 8.40. The van der Waals surface area contributed by atoms with Crippen LogP contribution in [0, 0.1) is 5.92 Å². The number of nitrogens with one attached hydrogen (secondary N) is 2. The van der Waals surface area contributed by atoms with E-state index in [1.165, 1.54) is 0 Å². The predicted octanol–water partition coefficient (Wildman–Crippen LogP) is 7.40. The van der Waals surface area contributed by atoms with Gasteiger partial charge in [-0.3, -0.25) is 0 Å². The zero-order valence-electron chi connectivity index (χ0n) is 28.8. The average Bonchev–Trinajstić information content (AvgIpc) is 3.57. The van der Waals surface area contributed by atoms with Crippen molar-refractivity contribution in [1.29, 1.82) is 0 Å². The van der Waals surface area contributed by atoms with Crippen LogP contribution in [0.3, 0.4) is 0 Å². The average molecular weight is 605 g/mol. The first kappa shape index (κ1) is 33.8. The summed E-state index contributed by atoms with van der Waals surface area (Å²) in [6.45, 7) is 25.3. The van der Waals surface area contributed by atoms with Crippen molar-refractivity contribution in [3.63, 3.8) is 0 Å². The molecule has 44 heavy (non-hydrogen) atoms. The maximum atomic E-state index is 6.06. The van der Waals surface area contributed by atoms with E-state index in [2.05, 4.69) is 101 Å². The molecule has 0 fully saturated rings. The van der Waals surface area contributed by atoms with Crippen LogP contribution in [0.25, 0.3) is 11.3 Å². The molecule has 0 bridgehead atoms. The second-order valence-corrected chi connectivity index (χ2v) is 15.1. The third-order valence-electron chi connectivity index (χ3n) is 8.40. The van der Waals surface area contributed by atoms with Gasteiger partial charge in [0.25, 0.3) is 0 Å². The molecule has 0 radical (unpaired) electrons. The lowest BCUT2D eigenvalue weighted by atomic mass is 9.85. The summed E-state index contributed by atoms with van der Waals surface area (Å²) in [5.41, 5.74) is 4.31. The number of aromatic nitrogens is 4. The molecule has 0 aliphatic carbocycles. The van der Waals surface area contributed by atoms with Gasteiger partial charge in [-0.2, -0.15) is 0 Å². The van der Waals surface area contributed by atoms with E-state index in [9.17, 15) is 0 Å². The molecule has 0 unspecified atom stereocenters. The molecule has 0 amide bonds. The summed E-state index contributed by atoms with van der Waals surface area (Å²) in [4.78, 5) is 9.67. The van der Waals surface area contributed by atoms with Crippen molar-refractivity contribution in [3.8, 4) is 11.5 Å². The van der Waals surface area contributed by atoms with E-state index in [-0.39, 0.29) is 16.5 Å². The van der Waals surface area contributed by atoms with Gasteiger partial charge in [0.2, 0.25) is 0 Å². The number of pyridine rings is 2. The largest absolute Gasteiger partial charge is 0.492 e. The van der Waals surface area contributed by atoms with Crippen LogP contribution in [0.1, 0.15) is 106 Å². The maximum absolute atomic E-state index is 6.06. The van der Waals surface area contributed by atoms with Gasteiger partial charge in [-0.05, 0) is 90.6 Å². The molecule has 8 heteroatoms. The Hall–Kier alpha value is -3.10. The Morgan fingerprint density at radius 1 is 0.727 bits per heavy atom. The van der Waals surface area contributed by atoms with Crippen molar-refractivity contribution in [2.75, 3.05) is 26.3 Å². The molecule has 0 saturated heterocycles. The van der Waals surface area contributed by atoms with E-state index < -0.39 is 0 Å². The van der Waals surface area contributed by atoms with Gasteiger partial charge in [-0.25, -0.2) is 9.97 Å². The molecular formula is C36H56N6O2. The summed E-state index contributed by atoms with van der Waals surface area (Å²) in [7, 11) is 0. The number of imidazole rings is 2. The normalized spacial score (nSPS) is 14.3. The maximum Gasteiger partial charge on any atom is 0.137 e. The summed E-state index contributed by atoms with van der Waals surface area (Å²) < 4.78 is 16.2. The topological polar surface area (TPSA) is 77.1 Å². The molecular weight excluding hydrogens is 548 g/mol. The summed E-state index contributed by atoms with van der Waals surface area (Å²) in [5, 5.41) is 7.21. The van der Waals surface area contributed by atoms with E-state index in [1.807, 2.05) is 36.7 Å². The molecule has 2 N–H and O–H groups in total. The molecule has 4 aromatic heterocycles. The molecule has 4 aromatic rings. The lowest BCUT2D eigenvalue weighted by Gasteiger charge is -2.29. The van der Waals surface area contributed by atoms with Gasteiger partial charge in [0.15, 0.2) is 0 Å². The molecule has 0 aromatic carbocycles. The Bertz CT molecular complexity index is 1490. The Labute approximate surface area is 265 Å². The highest BCUT2D eigenvalue weighted by Gasteiger charge is 2.23. The number of hydrogen-bond acceptors (Lipinski definition) is 6. The van der Waals surface area contributed by atoms with Crippen LogP contribution in [-0.2, 0) is 5.41 Å². The fourth-order valence-corrected chi connectivity index (χ4v) is 5.22. The molecule has 0 aliphatic heterocycles. The van der Waals surface area contributed by atoms with Gasteiger partial charge >= 0.3 is 0 Å². The monoisotopic (exact) mass is 604 g/mol. The molecule has 4 heterocycles. The van der Waals surface area contributed by atoms with E-state index in [0.29, 0.717) is 25.0 Å². The van der Waals surface area contributed by atoms with Gasteiger partial charge in [0.05, 0.1) is 30.4 Å². The second kappa shape index (κ2) is 13.9. The number of fused-ring (bicyclic) bond motifs is 2. The smallest absolute Gasteiger partial charge is 0.137 e.